The van der Waals surface area contributed by atoms with E-state index in [0.29, 0.717) is 0 Å². The topological polar surface area (TPSA) is 4.36 Å². The van der Waals surface area contributed by atoms with Gasteiger partial charge in [-0.05, 0) is 59.0 Å². The molecule has 0 bridgehead atoms. The van der Waals surface area contributed by atoms with E-state index in [1.54, 1.807) is 22.7 Å². The third-order valence-electron chi connectivity index (χ3n) is 3.60. The molecule has 1 aromatic carbocycles. The van der Waals surface area contributed by atoms with Gasteiger partial charge < -0.3 is 0 Å². The van der Waals surface area contributed by atoms with E-state index >= 15 is 0 Å². The molecule has 0 aliphatic rings. The molecule has 0 fully saturated rings. The smallest absolute Gasteiger partial charge is 0.143 e. The summed E-state index contributed by atoms with van der Waals surface area (Å²) in [7, 11) is 0. The van der Waals surface area contributed by atoms with Gasteiger partial charge in [0.25, 0.3) is 6.57 Å². The standard InChI is InChI=1S/C19H16NS2/c1-13-6-7-15(11-14(13)2)12-16(20-3)17-8-9-19(22-17)18-5-4-10-21-18/h3-12H,1-2H3/q+1/b16-12-. The second-order valence-corrected chi connectivity index (χ2v) is 7.18. The highest BCUT2D eigenvalue weighted by Gasteiger charge is 2.15. The molecule has 0 saturated carbocycles. The minimum absolute atomic E-state index is 0.816. The Morgan fingerprint density at radius 2 is 1.91 bits per heavy atom. The zero-order chi connectivity index (χ0) is 15.5. The van der Waals surface area contributed by atoms with Gasteiger partial charge in [0.2, 0.25) is 0 Å². The quantitative estimate of drug-likeness (QED) is 0.514. The van der Waals surface area contributed by atoms with E-state index in [0.717, 1.165) is 16.1 Å². The van der Waals surface area contributed by atoms with Gasteiger partial charge in [-0.15, -0.1) is 22.7 Å². The largest absolute Gasteiger partial charge is 0.357 e. The van der Waals surface area contributed by atoms with Crippen LogP contribution >= 0.6 is 22.7 Å². The highest BCUT2D eigenvalue weighted by molar-refractivity contribution is 7.21. The number of hydrogen-bond acceptors (Lipinski definition) is 2. The van der Waals surface area contributed by atoms with Crippen molar-refractivity contribution in [3.05, 3.63) is 74.3 Å². The minimum Gasteiger partial charge on any atom is -0.143 e. The lowest BCUT2D eigenvalue weighted by Gasteiger charge is -1.99. The van der Waals surface area contributed by atoms with Crippen molar-refractivity contribution < 1.29 is 0 Å². The van der Waals surface area contributed by atoms with Crippen LogP contribution in [0.5, 0.6) is 0 Å². The molecule has 0 aliphatic heterocycles. The Bertz CT molecular complexity index is 861. The first kappa shape index (κ1) is 14.8. The summed E-state index contributed by atoms with van der Waals surface area (Å²) in [5.41, 5.74) is 4.50. The Morgan fingerprint density at radius 1 is 1.05 bits per heavy atom. The van der Waals surface area contributed by atoms with Crippen LogP contribution in [0.15, 0.2) is 47.8 Å². The van der Waals surface area contributed by atoms with Gasteiger partial charge in [0.05, 0.1) is 0 Å². The Balaban J connectivity index is 1.96. The maximum absolute atomic E-state index is 5.61. The van der Waals surface area contributed by atoms with Crippen molar-refractivity contribution in [1.29, 1.82) is 0 Å². The maximum atomic E-state index is 5.61. The van der Waals surface area contributed by atoms with Crippen LogP contribution in [0, 0.1) is 20.4 Å². The van der Waals surface area contributed by atoms with Gasteiger partial charge in [-0.2, -0.15) is 0 Å². The molecular weight excluding hydrogens is 306 g/mol. The van der Waals surface area contributed by atoms with E-state index in [4.69, 9.17) is 6.57 Å². The Labute approximate surface area is 139 Å². The molecule has 0 unspecified atom stereocenters. The first-order chi connectivity index (χ1) is 10.7. The number of benzene rings is 1. The molecule has 2 aromatic heterocycles. The van der Waals surface area contributed by atoms with Gasteiger partial charge in [0.1, 0.15) is 4.88 Å². The van der Waals surface area contributed by atoms with Gasteiger partial charge in [-0.1, -0.05) is 24.3 Å². The number of hydrogen-bond donors (Lipinski definition) is 0. The Morgan fingerprint density at radius 3 is 2.59 bits per heavy atom. The van der Waals surface area contributed by atoms with Gasteiger partial charge in [-0.3, -0.25) is 0 Å². The normalized spacial score (nSPS) is 11.4. The predicted octanol–water partition coefficient (Wildman–Crippen LogP) is 6.55. The van der Waals surface area contributed by atoms with E-state index in [1.807, 2.05) is 6.08 Å². The van der Waals surface area contributed by atoms with E-state index in [9.17, 15) is 0 Å². The molecule has 0 saturated heterocycles. The number of aryl methyl sites for hydroxylation is 2. The molecule has 3 rings (SSSR count). The van der Waals surface area contributed by atoms with Gasteiger partial charge in [-0.25, -0.2) is 0 Å². The van der Waals surface area contributed by atoms with Crippen LogP contribution in [0.1, 0.15) is 21.6 Å². The summed E-state index contributed by atoms with van der Waals surface area (Å²) >= 11 is 3.46. The molecular formula is C19H16NS2+. The van der Waals surface area contributed by atoms with E-state index < -0.39 is 0 Å². The van der Waals surface area contributed by atoms with Crippen molar-refractivity contribution >= 4 is 34.4 Å². The molecule has 0 N–H and O–H groups in total. The second kappa shape index (κ2) is 6.31. The van der Waals surface area contributed by atoms with Crippen molar-refractivity contribution in [1.82, 2.24) is 0 Å². The lowest BCUT2D eigenvalue weighted by molar-refractivity contribution is 1.33. The molecule has 0 radical (unpaired) electrons. The summed E-state index contributed by atoms with van der Waals surface area (Å²) in [4.78, 5) is 7.59. The summed E-state index contributed by atoms with van der Waals surface area (Å²) in [5.74, 6) is 0. The van der Waals surface area contributed by atoms with Crippen LogP contribution < -0.4 is 0 Å². The fourth-order valence-electron chi connectivity index (χ4n) is 2.21. The van der Waals surface area contributed by atoms with E-state index in [1.165, 1.54) is 20.9 Å². The van der Waals surface area contributed by atoms with Gasteiger partial charge >= 0.3 is 5.70 Å². The van der Waals surface area contributed by atoms with Crippen LogP contribution in [0.3, 0.4) is 0 Å². The van der Waals surface area contributed by atoms with Crippen LogP contribution in [-0.2, 0) is 0 Å². The van der Waals surface area contributed by atoms with Gasteiger partial charge in [0.15, 0.2) is 0 Å². The number of rotatable bonds is 3. The monoisotopic (exact) mass is 322 g/mol. The molecule has 0 spiro atoms. The van der Waals surface area contributed by atoms with Crippen molar-refractivity contribution in [3.63, 3.8) is 0 Å². The lowest BCUT2D eigenvalue weighted by Crippen LogP contribution is -1.82. The number of nitrogens with zero attached hydrogens (tertiary/aromatic N) is 1. The van der Waals surface area contributed by atoms with E-state index in [-0.39, 0.29) is 0 Å². The molecule has 22 heavy (non-hydrogen) atoms. The van der Waals surface area contributed by atoms with Crippen molar-refractivity contribution in [2.24, 2.45) is 0 Å². The second-order valence-electron chi connectivity index (χ2n) is 5.14. The fourth-order valence-corrected chi connectivity index (χ4v) is 4.02. The van der Waals surface area contributed by atoms with Crippen LogP contribution in [0.2, 0.25) is 0 Å². The Hall–Kier alpha value is -2.15. The summed E-state index contributed by atoms with van der Waals surface area (Å²) < 4.78 is 0. The average Bonchev–Trinajstić information content (AvgIpc) is 3.18. The van der Waals surface area contributed by atoms with Crippen molar-refractivity contribution in [2.75, 3.05) is 0 Å². The van der Waals surface area contributed by atoms with Crippen molar-refractivity contribution in [2.45, 2.75) is 13.8 Å². The van der Waals surface area contributed by atoms with Crippen LogP contribution in [0.4, 0.5) is 0 Å². The summed E-state index contributed by atoms with van der Waals surface area (Å²) in [6.07, 6.45) is 2.04. The molecule has 3 aromatic rings. The summed E-state index contributed by atoms with van der Waals surface area (Å²) in [5, 5.41) is 2.09. The third-order valence-corrected chi connectivity index (χ3v) is 5.77. The van der Waals surface area contributed by atoms with Crippen LogP contribution in [-0.4, -0.2) is 0 Å². The molecule has 1 nitrogen and oxygen atoms in total. The molecule has 0 atom stereocenters. The molecule has 0 aliphatic carbocycles. The zero-order valence-corrected chi connectivity index (χ0v) is 14.2. The predicted molar refractivity (Wildman–Crippen MR) is 99.7 cm³/mol. The third kappa shape index (κ3) is 3.04. The van der Waals surface area contributed by atoms with Crippen molar-refractivity contribution in [3.8, 4) is 16.3 Å². The highest BCUT2D eigenvalue weighted by atomic mass is 32.1. The summed E-state index contributed by atoms with van der Waals surface area (Å²) in [6.45, 7) is 9.85. The minimum atomic E-state index is 0.816. The first-order valence-corrected chi connectivity index (χ1v) is 8.71. The Kier molecular flexibility index (Phi) is 4.24. The van der Waals surface area contributed by atoms with Crippen LogP contribution in [0.25, 0.3) is 26.4 Å². The fraction of sp³-hybridized carbons (Fsp3) is 0.105. The van der Waals surface area contributed by atoms with E-state index in [2.05, 4.69) is 66.5 Å². The maximum Gasteiger partial charge on any atom is 0.357 e. The highest BCUT2D eigenvalue weighted by Crippen LogP contribution is 2.35. The lowest BCUT2D eigenvalue weighted by atomic mass is 10.1. The first-order valence-electron chi connectivity index (χ1n) is 7.01. The average molecular weight is 322 g/mol. The molecule has 0 amide bonds. The summed E-state index contributed by atoms with van der Waals surface area (Å²) in [6, 6.07) is 14.8. The van der Waals surface area contributed by atoms with Gasteiger partial charge in [0, 0.05) is 15.8 Å². The molecule has 108 valence electrons. The zero-order valence-electron chi connectivity index (χ0n) is 12.5. The number of thiophene rings is 2. The molecule has 3 heteroatoms. The SMILES string of the molecule is C#[N+]/C(=C\c1ccc(C)c(C)c1)c1ccc(-c2cccs2)s1. The molecule has 2 heterocycles.